The average Bonchev–Trinajstić information content (AvgIpc) is 2.77. The summed E-state index contributed by atoms with van der Waals surface area (Å²) in [6.45, 7) is 2.16. The Morgan fingerprint density at radius 3 is 3.29 bits per heavy atom. The average molecular weight is 253 g/mol. The van der Waals surface area contributed by atoms with E-state index in [1.165, 1.54) is 11.3 Å². The quantitative estimate of drug-likeness (QED) is 0.757. The summed E-state index contributed by atoms with van der Waals surface area (Å²) < 4.78 is 5.64. The van der Waals surface area contributed by atoms with Crippen LogP contribution in [0.25, 0.3) is 10.2 Å². The molecule has 0 saturated heterocycles. The maximum absolute atomic E-state index is 11.7. The van der Waals surface area contributed by atoms with E-state index in [1.807, 2.05) is 11.4 Å². The van der Waals surface area contributed by atoms with Crippen LogP contribution in [-0.4, -0.2) is 30.2 Å². The van der Waals surface area contributed by atoms with Crippen LogP contribution in [0.2, 0.25) is 0 Å². The number of aromatic nitrogens is 2. The smallest absolute Gasteiger partial charge is 0.268 e. The highest BCUT2D eigenvalue weighted by molar-refractivity contribution is 7.17. The molecule has 17 heavy (non-hydrogen) atoms. The molecule has 0 aliphatic carbocycles. The lowest BCUT2D eigenvalue weighted by Gasteiger charge is -2.03. The van der Waals surface area contributed by atoms with Crippen LogP contribution in [0.4, 0.5) is 0 Å². The summed E-state index contributed by atoms with van der Waals surface area (Å²) in [5.74, 6) is 0.679. The van der Waals surface area contributed by atoms with E-state index in [0.29, 0.717) is 17.1 Å². The Balaban J connectivity index is 1.97. The summed E-state index contributed by atoms with van der Waals surface area (Å²) in [4.78, 5) is 18.8. The van der Waals surface area contributed by atoms with Gasteiger partial charge in [0.25, 0.3) is 5.56 Å². The number of nitrogens with one attached hydrogen (secondary N) is 2. The van der Waals surface area contributed by atoms with E-state index in [-0.39, 0.29) is 5.56 Å². The summed E-state index contributed by atoms with van der Waals surface area (Å²) in [6.07, 6.45) is 0.946. The van der Waals surface area contributed by atoms with E-state index in [4.69, 9.17) is 4.74 Å². The predicted molar refractivity (Wildman–Crippen MR) is 68.4 cm³/mol. The molecule has 0 unspecified atom stereocenters. The molecule has 0 aliphatic heterocycles. The Hall–Kier alpha value is -1.24. The first kappa shape index (κ1) is 12.2. The topological polar surface area (TPSA) is 67.0 Å². The predicted octanol–water partition coefficient (Wildman–Crippen LogP) is 1.11. The number of rotatable bonds is 6. The Morgan fingerprint density at radius 2 is 2.47 bits per heavy atom. The van der Waals surface area contributed by atoms with Crippen LogP contribution in [0.1, 0.15) is 12.2 Å². The molecule has 0 amide bonds. The fourth-order valence-corrected chi connectivity index (χ4v) is 2.28. The van der Waals surface area contributed by atoms with Crippen LogP contribution in [0.15, 0.2) is 16.2 Å². The summed E-state index contributed by atoms with van der Waals surface area (Å²) in [6, 6.07) is 1.86. The molecule has 92 valence electrons. The third kappa shape index (κ3) is 3.12. The second-order valence-corrected chi connectivity index (χ2v) is 4.59. The molecule has 2 aromatic heterocycles. The molecular formula is C11H15N3O2S. The molecule has 2 N–H and O–H groups in total. The van der Waals surface area contributed by atoms with Gasteiger partial charge in [0.15, 0.2) is 0 Å². The number of nitrogens with zero attached hydrogens (tertiary/aromatic N) is 1. The van der Waals surface area contributed by atoms with E-state index in [9.17, 15) is 4.79 Å². The molecule has 2 heterocycles. The van der Waals surface area contributed by atoms with Gasteiger partial charge >= 0.3 is 0 Å². The van der Waals surface area contributed by atoms with Gasteiger partial charge in [-0.05, 0) is 24.4 Å². The number of hydrogen-bond acceptors (Lipinski definition) is 5. The van der Waals surface area contributed by atoms with Crippen molar-refractivity contribution in [1.82, 2.24) is 15.3 Å². The van der Waals surface area contributed by atoms with Crippen molar-refractivity contribution in [1.29, 1.82) is 0 Å². The van der Waals surface area contributed by atoms with Crippen molar-refractivity contribution in [3.63, 3.8) is 0 Å². The zero-order valence-electron chi connectivity index (χ0n) is 9.66. The highest BCUT2D eigenvalue weighted by Gasteiger charge is 2.04. The maximum Gasteiger partial charge on any atom is 0.268 e. The van der Waals surface area contributed by atoms with Crippen LogP contribution < -0.4 is 10.9 Å². The normalized spacial score (nSPS) is 11.1. The molecule has 0 radical (unpaired) electrons. The second-order valence-electron chi connectivity index (χ2n) is 3.67. The zero-order valence-corrected chi connectivity index (χ0v) is 10.5. The van der Waals surface area contributed by atoms with Crippen molar-refractivity contribution in [3.05, 3.63) is 27.6 Å². The summed E-state index contributed by atoms with van der Waals surface area (Å²) >= 11 is 1.41. The first-order chi connectivity index (χ1) is 8.31. The molecule has 0 spiro atoms. The highest BCUT2D eigenvalue weighted by atomic mass is 32.1. The molecule has 2 aromatic rings. The SMILES string of the molecule is COCCCNCc1nc2ccsc2c(=O)[nH]1. The number of ether oxygens (including phenoxy) is 1. The lowest BCUT2D eigenvalue weighted by Crippen LogP contribution is -2.20. The molecular weight excluding hydrogens is 238 g/mol. The Labute approximate surface area is 103 Å². The molecule has 0 saturated carbocycles. The van der Waals surface area contributed by atoms with Crippen molar-refractivity contribution in [2.24, 2.45) is 0 Å². The molecule has 2 rings (SSSR count). The lowest BCUT2D eigenvalue weighted by molar-refractivity contribution is 0.194. The van der Waals surface area contributed by atoms with Gasteiger partial charge < -0.3 is 15.0 Å². The lowest BCUT2D eigenvalue weighted by atomic mass is 10.4. The standard InChI is InChI=1S/C11H15N3O2S/c1-16-5-2-4-12-7-9-13-8-3-6-17-10(8)11(15)14-9/h3,6,12H,2,4-5,7H2,1H3,(H,13,14,15). The third-order valence-electron chi connectivity index (χ3n) is 2.36. The molecule has 6 heteroatoms. The number of methoxy groups -OCH3 is 1. The number of fused-ring (bicyclic) bond motifs is 1. The van der Waals surface area contributed by atoms with Gasteiger partial charge in [-0.3, -0.25) is 4.79 Å². The van der Waals surface area contributed by atoms with Crippen molar-refractivity contribution in [3.8, 4) is 0 Å². The Bertz CT molecular complexity index is 535. The fourth-order valence-electron chi connectivity index (χ4n) is 1.55. The van der Waals surface area contributed by atoms with Crippen LogP contribution >= 0.6 is 11.3 Å². The van der Waals surface area contributed by atoms with E-state index in [1.54, 1.807) is 7.11 Å². The minimum atomic E-state index is -0.0568. The van der Waals surface area contributed by atoms with Gasteiger partial charge in [0.2, 0.25) is 0 Å². The van der Waals surface area contributed by atoms with Crippen molar-refractivity contribution in [2.45, 2.75) is 13.0 Å². The Kier molecular flexibility index (Phi) is 4.24. The zero-order chi connectivity index (χ0) is 12.1. The van der Waals surface area contributed by atoms with Crippen LogP contribution in [-0.2, 0) is 11.3 Å². The first-order valence-corrected chi connectivity index (χ1v) is 6.35. The van der Waals surface area contributed by atoms with Crippen molar-refractivity contribution in [2.75, 3.05) is 20.3 Å². The molecule has 5 nitrogen and oxygen atoms in total. The van der Waals surface area contributed by atoms with Gasteiger partial charge in [-0.15, -0.1) is 11.3 Å². The molecule has 0 atom stereocenters. The second kappa shape index (κ2) is 5.90. The summed E-state index contributed by atoms with van der Waals surface area (Å²) in [7, 11) is 1.68. The minimum Gasteiger partial charge on any atom is -0.385 e. The van der Waals surface area contributed by atoms with Crippen LogP contribution in [0.3, 0.4) is 0 Å². The number of thiophene rings is 1. The van der Waals surface area contributed by atoms with E-state index in [2.05, 4.69) is 15.3 Å². The van der Waals surface area contributed by atoms with E-state index >= 15 is 0 Å². The van der Waals surface area contributed by atoms with Gasteiger partial charge in [0, 0.05) is 13.7 Å². The van der Waals surface area contributed by atoms with Crippen molar-refractivity contribution < 1.29 is 4.74 Å². The third-order valence-corrected chi connectivity index (χ3v) is 3.26. The summed E-state index contributed by atoms with van der Waals surface area (Å²) in [5.41, 5.74) is 0.714. The summed E-state index contributed by atoms with van der Waals surface area (Å²) in [5, 5.41) is 5.09. The molecule has 0 bridgehead atoms. The monoisotopic (exact) mass is 253 g/mol. The van der Waals surface area contributed by atoms with E-state index < -0.39 is 0 Å². The highest BCUT2D eigenvalue weighted by Crippen LogP contribution is 2.13. The van der Waals surface area contributed by atoms with Crippen molar-refractivity contribution >= 4 is 21.6 Å². The van der Waals surface area contributed by atoms with Gasteiger partial charge in [-0.25, -0.2) is 4.98 Å². The molecule has 0 aliphatic rings. The largest absolute Gasteiger partial charge is 0.385 e. The number of aromatic amines is 1. The maximum atomic E-state index is 11.7. The number of H-pyrrole nitrogens is 1. The molecule has 0 fully saturated rings. The van der Waals surface area contributed by atoms with Gasteiger partial charge in [0.1, 0.15) is 10.5 Å². The first-order valence-electron chi connectivity index (χ1n) is 5.47. The van der Waals surface area contributed by atoms with Gasteiger partial charge in [-0.1, -0.05) is 0 Å². The van der Waals surface area contributed by atoms with E-state index in [0.717, 1.165) is 25.1 Å². The minimum absolute atomic E-state index is 0.0568. The van der Waals surface area contributed by atoms with Gasteiger partial charge in [0.05, 0.1) is 12.1 Å². The fraction of sp³-hybridized carbons (Fsp3) is 0.455. The van der Waals surface area contributed by atoms with Crippen LogP contribution in [0.5, 0.6) is 0 Å². The molecule has 0 aromatic carbocycles. The van der Waals surface area contributed by atoms with Gasteiger partial charge in [-0.2, -0.15) is 0 Å². The Morgan fingerprint density at radius 1 is 1.59 bits per heavy atom. The number of hydrogen-bond donors (Lipinski definition) is 2. The van der Waals surface area contributed by atoms with Crippen LogP contribution in [0, 0.1) is 0 Å².